The van der Waals surface area contributed by atoms with Crippen molar-refractivity contribution < 1.29 is 4.39 Å². The molecule has 90 valence electrons. The molecule has 0 saturated heterocycles. The van der Waals surface area contributed by atoms with Crippen molar-refractivity contribution in [2.75, 3.05) is 5.32 Å². The first-order valence-corrected chi connectivity index (χ1v) is 6.25. The normalized spacial score (nSPS) is 12.5. The largest absolute Gasteiger partial charge is 0.359 e. The van der Waals surface area contributed by atoms with Crippen molar-refractivity contribution in [2.24, 2.45) is 0 Å². The van der Waals surface area contributed by atoms with E-state index in [1.165, 1.54) is 12.3 Å². The second kappa shape index (κ2) is 4.98. The van der Waals surface area contributed by atoms with Gasteiger partial charge in [0, 0.05) is 17.3 Å². The lowest BCUT2D eigenvalue weighted by Gasteiger charge is -2.12. The molecular weight excluding hydrogens is 261 g/mol. The van der Waals surface area contributed by atoms with Crippen LogP contribution < -0.4 is 5.32 Å². The Kier molecular flexibility index (Phi) is 3.59. The molecule has 2 aromatic rings. The predicted octanol–water partition coefficient (Wildman–Crippen LogP) is 3.81. The number of hydrogen-bond acceptors (Lipinski definition) is 4. The van der Waals surface area contributed by atoms with Crippen molar-refractivity contribution in [1.82, 2.24) is 9.97 Å². The molecule has 6 heteroatoms. The first-order valence-electron chi connectivity index (χ1n) is 5.06. The van der Waals surface area contributed by atoms with Crippen LogP contribution >= 0.6 is 22.9 Å². The third kappa shape index (κ3) is 2.92. The molecule has 0 bridgehead atoms. The summed E-state index contributed by atoms with van der Waals surface area (Å²) in [4.78, 5) is 9.27. The van der Waals surface area contributed by atoms with E-state index in [-0.39, 0.29) is 16.9 Å². The van der Waals surface area contributed by atoms with E-state index in [1.54, 1.807) is 17.5 Å². The topological polar surface area (TPSA) is 37.8 Å². The molecule has 3 nitrogen and oxygen atoms in total. The smallest absolute Gasteiger partial charge is 0.166 e. The number of nitrogens with one attached hydrogen (secondary N) is 1. The number of hydrogen-bond donors (Lipinski definition) is 1. The highest BCUT2D eigenvalue weighted by Crippen LogP contribution is 2.24. The van der Waals surface area contributed by atoms with Crippen molar-refractivity contribution >= 4 is 28.8 Å². The van der Waals surface area contributed by atoms with Gasteiger partial charge in [0.05, 0.1) is 11.1 Å². The number of aryl methyl sites for hydroxylation is 1. The summed E-state index contributed by atoms with van der Waals surface area (Å²) in [5, 5.41) is 4.15. The molecule has 2 aromatic heterocycles. The van der Waals surface area contributed by atoms with Gasteiger partial charge in [-0.3, -0.25) is 0 Å². The van der Waals surface area contributed by atoms with Gasteiger partial charge in [0.25, 0.3) is 0 Å². The molecule has 17 heavy (non-hydrogen) atoms. The van der Waals surface area contributed by atoms with Gasteiger partial charge in [-0.2, -0.15) is 0 Å². The molecule has 0 fully saturated rings. The summed E-state index contributed by atoms with van der Waals surface area (Å²) in [5.41, 5.74) is 0. The number of rotatable bonds is 3. The monoisotopic (exact) mass is 271 g/mol. The number of pyridine rings is 1. The molecule has 2 heterocycles. The molecule has 0 amide bonds. The highest BCUT2D eigenvalue weighted by Gasteiger charge is 2.12. The van der Waals surface area contributed by atoms with Crippen LogP contribution in [0.5, 0.6) is 0 Å². The Balaban J connectivity index is 2.15. The predicted molar refractivity (Wildman–Crippen MR) is 68.1 cm³/mol. The maximum atomic E-state index is 13.5. The Labute approximate surface area is 108 Å². The summed E-state index contributed by atoms with van der Waals surface area (Å²) < 4.78 is 13.5. The Hall–Kier alpha value is -1.20. The fourth-order valence-corrected chi connectivity index (χ4v) is 2.28. The quantitative estimate of drug-likeness (QED) is 0.922. The third-order valence-corrected chi connectivity index (χ3v) is 3.47. The first-order chi connectivity index (χ1) is 8.06. The van der Waals surface area contributed by atoms with Crippen LogP contribution in [0.15, 0.2) is 18.5 Å². The van der Waals surface area contributed by atoms with E-state index in [0.717, 1.165) is 9.88 Å². The zero-order valence-corrected chi connectivity index (χ0v) is 10.9. The zero-order valence-electron chi connectivity index (χ0n) is 9.37. The number of halogens is 2. The lowest BCUT2D eigenvalue weighted by molar-refractivity contribution is 0.621. The van der Waals surface area contributed by atoms with Gasteiger partial charge >= 0.3 is 0 Å². The van der Waals surface area contributed by atoms with Crippen molar-refractivity contribution in [2.45, 2.75) is 19.9 Å². The minimum atomic E-state index is -0.461. The molecule has 1 atom stereocenters. The lowest BCUT2D eigenvalue weighted by Crippen LogP contribution is -2.09. The van der Waals surface area contributed by atoms with E-state index in [9.17, 15) is 4.39 Å². The average molecular weight is 272 g/mol. The average Bonchev–Trinajstić information content (AvgIpc) is 2.69. The maximum absolute atomic E-state index is 13.5. The van der Waals surface area contributed by atoms with E-state index >= 15 is 0 Å². The lowest BCUT2D eigenvalue weighted by atomic mass is 10.3. The molecule has 0 saturated carbocycles. The second-order valence-corrected chi connectivity index (χ2v) is 5.36. The number of nitrogens with zero attached hydrogens (tertiary/aromatic N) is 2. The molecule has 0 aliphatic heterocycles. The molecule has 0 aromatic carbocycles. The summed E-state index contributed by atoms with van der Waals surface area (Å²) in [6, 6.07) is 1.15. The molecular formula is C11H11ClFN3S. The summed E-state index contributed by atoms with van der Waals surface area (Å²) in [7, 11) is 0. The van der Waals surface area contributed by atoms with Gasteiger partial charge in [0.1, 0.15) is 5.01 Å². The fraction of sp³-hybridized carbons (Fsp3) is 0.273. The van der Waals surface area contributed by atoms with Crippen molar-refractivity contribution in [3.05, 3.63) is 39.2 Å². The molecule has 0 spiro atoms. The van der Waals surface area contributed by atoms with E-state index in [0.29, 0.717) is 0 Å². The number of aromatic nitrogens is 2. The van der Waals surface area contributed by atoms with Gasteiger partial charge in [0.15, 0.2) is 11.6 Å². The third-order valence-electron chi connectivity index (χ3n) is 2.17. The van der Waals surface area contributed by atoms with Gasteiger partial charge in [-0.15, -0.1) is 11.3 Å². The molecule has 0 aliphatic carbocycles. The van der Waals surface area contributed by atoms with Gasteiger partial charge < -0.3 is 5.32 Å². The first kappa shape index (κ1) is 12.3. The molecule has 0 aliphatic rings. The van der Waals surface area contributed by atoms with Crippen LogP contribution in [0.4, 0.5) is 10.2 Å². The minimum absolute atomic E-state index is 0.0862. The fourth-order valence-electron chi connectivity index (χ4n) is 1.36. The van der Waals surface area contributed by atoms with Crippen LogP contribution in [-0.2, 0) is 0 Å². The molecule has 2 rings (SSSR count). The number of anilines is 1. The summed E-state index contributed by atoms with van der Waals surface area (Å²) in [6.45, 7) is 3.89. The van der Waals surface area contributed by atoms with Gasteiger partial charge in [-0.25, -0.2) is 14.4 Å². The maximum Gasteiger partial charge on any atom is 0.166 e. The van der Waals surface area contributed by atoms with Crippen LogP contribution in [-0.4, -0.2) is 9.97 Å². The Morgan fingerprint density at radius 2 is 2.18 bits per heavy atom. The van der Waals surface area contributed by atoms with Crippen molar-refractivity contribution in [1.29, 1.82) is 0 Å². The van der Waals surface area contributed by atoms with Crippen LogP contribution in [0, 0.1) is 12.7 Å². The van der Waals surface area contributed by atoms with Crippen LogP contribution in [0.2, 0.25) is 5.02 Å². The van der Waals surface area contributed by atoms with Gasteiger partial charge in [-0.1, -0.05) is 11.6 Å². The highest BCUT2D eigenvalue weighted by atomic mass is 35.5. The van der Waals surface area contributed by atoms with Crippen LogP contribution in [0.3, 0.4) is 0 Å². The van der Waals surface area contributed by atoms with Gasteiger partial charge in [-0.05, 0) is 19.9 Å². The zero-order chi connectivity index (χ0) is 12.4. The van der Waals surface area contributed by atoms with Crippen molar-refractivity contribution in [3.63, 3.8) is 0 Å². The Morgan fingerprint density at radius 3 is 2.76 bits per heavy atom. The Bertz CT molecular complexity index is 529. The standard InChI is InChI=1S/C11H11ClFN3S/c1-6-4-15-11(17-6)7(2)16-10-9(13)3-8(12)5-14-10/h3-5,7H,1-2H3,(H,14,16). The van der Waals surface area contributed by atoms with E-state index in [4.69, 9.17) is 11.6 Å². The minimum Gasteiger partial charge on any atom is -0.359 e. The molecule has 0 radical (unpaired) electrons. The SMILES string of the molecule is Cc1cnc(C(C)Nc2ncc(Cl)cc2F)s1. The molecule has 1 N–H and O–H groups in total. The summed E-state index contributed by atoms with van der Waals surface area (Å²) in [6.07, 6.45) is 3.20. The molecule has 1 unspecified atom stereocenters. The summed E-state index contributed by atoms with van der Waals surface area (Å²) >= 11 is 7.21. The van der Waals surface area contributed by atoms with E-state index < -0.39 is 5.82 Å². The van der Waals surface area contributed by atoms with Gasteiger partial charge in [0.2, 0.25) is 0 Å². The summed E-state index contributed by atoms with van der Waals surface area (Å²) in [5.74, 6) is -0.271. The highest BCUT2D eigenvalue weighted by molar-refractivity contribution is 7.11. The second-order valence-electron chi connectivity index (χ2n) is 3.66. The number of thiazole rings is 1. The van der Waals surface area contributed by atoms with Crippen molar-refractivity contribution in [3.8, 4) is 0 Å². The van der Waals surface area contributed by atoms with Crippen LogP contribution in [0.25, 0.3) is 0 Å². The van der Waals surface area contributed by atoms with E-state index in [2.05, 4.69) is 15.3 Å². The van der Waals surface area contributed by atoms with Crippen LogP contribution in [0.1, 0.15) is 22.9 Å². The van der Waals surface area contributed by atoms with E-state index in [1.807, 2.05) is 13.8 Å². The Morgan fingerprint density at radius 1 is 1.41 bits per heavy atom.